The lowest BCUT2D eigenvalue weighted by molar-refractivity contribution is -0.119. The van der Waals surface area contributed by atoms with Crippen LogP contribution in [0.2, 0.25) is 0 Å². The van der Waals surface area contributed by atoms with E-state index in [9.17, 15) is 9.18 Å². The number of anilines is 1. The van der Waals surface area contributed by atoms with Crippen molar-refractivity contribution in [1.82, 2.24) is 30.1 Å². The molecule has 0 aliphatic heterocycles. The van der Waals surface area contributed by atoms with Crippen LogP contribution in [-0.2, 0) is 4.79 Å². The molecule has 0 spiro atoms. The average Bonchev–Trinajstić information content (AvgIpc) is 3.74. The largest absolute Gasteiger partial charge is 0.338 e. The van der Waals surface area contributed by atoms with E-state index >= 15 is 0 Å². The molecule has 0 bridgehead atoms. The van der Waals surface area contributed by atoms with Crippen molar-refractivity contribution in [2.75, 3.05) is 5.32 Å². The minimum Gasteiger partial charge on any atom is -0.338 e. The number of aromatic amines is 2. The quantitative estimate of drug-likeness (QED) is 0.237. The van der Waals surface area contributed by atoms with Gasteiger partial charge >= 0.3 is 0 Å². The Morgan fingerprint density at radius 3 is 2.76 bits per heavy atom. The molecule has 0 saturated heterocycles. The Kier molecular flexibility index (Phi) is 5.47. The van der Waals surface area contributed by atoms with Gasteiger partial charge in [-0.1, -0.05) is 12.8 Å². The Hall–Kier alpha value is -4.44. The third-order valence-electron chi connectivity index (χ3n) is 7.10. The van der Waals surface area contributed by atoms with Crippen molar-refractivity contribution in [2.45, 2.75) is 25.7 Å². The van der Waals surface area contributed by atoms with E-state index in [-0.39, 0.29) is 17.0 Å². The van der Waals surface area contributed by atoms with Crippen LogP contribution in [0.15, 0.2) is 61.2 Å². The number of amides is 1. The lowest BCUT2D eigenvalue weighted by Crippen LogP contribution is -2.20. The Balaban J connectivity index is 1.24. The van der Waals surface area contributed by atoms with Crippen molar-refractivity contribution in [3.05, 3.63) is 66.3 Å². The predicted octanol–water partition coefficient (Wildman–Crippen LogP) is 6.56. The molecule has 1 fully saturated rings. The fourth-order valence-electron chi connectivity index (χ4n) is 5.19. The van der Waals surface area contributed by atoms with E-state index < -0.39 is 0 Å². The van der Waals surface area contributed by atoms with Gasteiger partial charge in [-0.15, -0.1) is 11.3 Å². The molecule has 1 amide bonds. The number of aromatic nitrogens is 6. The molecule has 6 aromatic heterocycles. The van der Waals surface area contributed by atoms with E-state index in [1.54, 1.807) is 30.9 Å². The zero-order chi connectivity index (χ0) is 25.6. The summed E-state index contributed by atoms with van der Waals surface area (Å²) in [4.78, 5) is 30.2. The molecule has 0 radical (unpaired) electrons. The zero-order valence-corrected chi connectivity index (χ0v) is 21.0. The maximum Gasteiger partial charge on any atom is 0.227 e. The maximum absolute atomic E-state index is 13.7. The van der Waals surface area contributed by atoms with Crippen LogP contribution in [0.4, 0.5) is 10.1 Å². The average molecular weight is 524 g/mol. The lowest BCUT2D eigenvalue weighted by Gasteiger charge is -2.11. The number of hydrogen-bond donors (Lipinski definition) is 3. The highest BCUT2D eigenvalue weighted by molar-refractivity contribution is 7.14. The molecule has 6 heterocycles. The molecule has 7 rings (SSSR count). The van der Waals surface area contributed by atoms with Gasteiger partial charge in [-0.3, -0.25) is 19.9 Å². The van der Waals surface area contributed by atoms with E-state index in [1.807, 2.05) is 24.3 Å². The summed E-state index contributed by atoms with van der Waals surface area (Å²) in [6.07, 6.45) is 10.9. The molecular formula is C28H22FN7OS. The molecule has 188 valence electrons. The van der Waals surface area contributed by atoms with E-state index in [2.05, 4.69) is 35.5 Å². The summed E-state index contributed by atoms with van der Waals surface area (Å²) in [5.74, 6) is 0.130. The molecule has 8 nitrogen and oxygen atoms in total. The predicted molar refractivity (Wildman–Crippen MR) is 146 cm³/mol. The summed E-state index contributed by atoms with van der Waals surface area (Å²) >= 11 is 1.11. The van der Waals surface area contributed by atoms with Crippen LogP contribution in [0.3, 0.4) is 0 Å². The molecule has 0 atom stereocenters. The third-order valence-corrected chi connectivity index (χ3v) is 8.01. The Bertz CT molecular complexity index is 1810. The van der Waals surface area contributed by atoms with Crippen LogP contribution >= 0.6 is 11.3 Å². The first kappa shape index (κ1) is 22.7. The Morgan fingerprint density at radius 2 is 1.92 bits per heavy atom. The number of thiophene rings is 1. The number of carbonyl (C=O) groups is 1. The van der Waals surface area contributed by atoms with Crippen LogP contribution in [0.5, 0.6) is 0 Å². The van der Waals surface area contributed by atoms with E-state index in [4.69, 9.17) is 0 Å². The second-order valence-corrected chi connectivity index (χ2v) is 10.6. The van der Waals surface area contributed by atoms with Crippen molar-refractivity contribution in [3.63, 3.8) is 0 Å². The highest BCUT2D eigenvalue weighted by Crippen LogP contribution is 2.36. The lowest BCUT2D eigenvalue weighted by atomic mass is 10.1. The van der Waals surface area contributed by atoms with Crippen molar-refractivity contribution in [3.8, 4) is 33.1 Å². The summed E-state index contributed by atoms with van der Waals surface area (Å²) < 4.78 is 13.7. The van der Waals surface area contributed by atoms with Crippen molar-refractivity contribution < 1.29 is 9.18 Å². The van der Waals surface area contributed by atoms with Crippen LogP contribution in [-0.4, -0.2) is 36.0 Å². The van der Waals surface area contributed by atoms with Gasteiger partial charge in [0.25, 0.3) is 0 Å². The number of fused-ring (bicyclic) bond motifs is 2. The van der Waals surface area contributed by atoms with E-state index in [1.165, 1.54) is 6.07 Å². The molecule has 3 N–H and O–H groups in total. The molecule has 10 heteroatoms. The summed E-state index contributed by atoms with van der Waals surface area (Å²) in [6.45, 7) is 0. The Labute approximate surface area is 220 Å². The van der Waals surface area contributed by atoms with Crippen LogP contribution in [0, 0.1) is 11.0 Å². The van der Waals surface area contributed by atoms with Crippen molar-refractivity contribution in [1.29, 1.82) is 0 Å². The Morgan fingerprint density at radius 1 is 1.03 bits per heavy atom. The maximum atomic E-state index is 13.7. The van der Waals surface area contributed by atoms with Gasteiger partial charge < -0.3 is 10.3 Å². The van der Waals surface area contributed by atoms with Crippen molar-refractivity contribution >= 4 is 44.9 Å². The summed E-state index contributed by atoms with van der Waals surface area (Å²) in [6, 6.07) is 11.0. The topological polar surface area (TPSA) is 112 Å². The first-order chi connectivity index (χ1) is 18.6. The normalized spacial score (nSPS) is 14.0. The van der Waals surface area contributed by atoms with E-state index in [0.29, 0.717) is 17.0 Å². The fourth-order valence-corrected chi connectivity index (χ4v) is 5.96. The van der Waals surface area contributed by atoms with Crippen LogP contribution in [0.1, 0.15) is 25.7 Å². The number of nitrogens with zero attached hydrogens (tertiary/aromatic N) is 4. The number of H-pyrrole nitrogens is 2. The molecule has 1 aliphatic rings. The number of hydrogen-bond acceptors (Lipinski definition) is 6. The second-order valence-electron chi connectivity index (χ2n) is 9.53. The zero-order valence-electron chi connectivity index (χ0n) is 20.2. The highest BCUT2D eigenvalue weighted by atomic mass is 32.1. The second kappa shape index (κ2) is 9.14. The minimum atomic E-state index is -0.226. The van der Waals surface area contributed by atoms with Gasteiger partial charge in [-0.25, -0.2) is 4.98 Å². The van der Waals surface area contributed by atoms with Gasteiger partial charge in [0.1, 0.15) is 11.3 Å². The summed E-state index contributed by atoms with van der Waals surface area (Å²) in [7, 11) is 0. The standard InChI is InChI=1S/C28H22FN7OS/c29-25-6-5-24(38-25)18-7-8-31-27-19(18)10-22(34-27)26-20-11-21(32-14-23(20)35-36-26)16-9-17(13-30-12-16)33-28(37)15-3-1-2-4-15/h5-15H,1-4H2,(H,31,34)(H,33,37)(H,35,36). The van der Waals surface area contributed by atoms with Gasteiger partial charge in [0, 0.05) is 45.1 Å². The first-order valence-electron chi connectivity index (χ1n) is 12.5. The molecule has 0 unspecified atom stereocenters. The van der Waals surface area contributed by atoms with Crippen LogP contribution in [0.25, 0.3) is 55.0 Å². The third kappa shape index (κ3) is 4.03. The van der Waals surface area contributed by atoms with Crippen LogP contribution < -0.4 is 5.32 Å². The highest BCUT2D eigenvalue weighted by Gasteiger charge is 2.23. The number of rotatable bonds is 5. The molecular weight excluding hydrogens is 501 g/mol. The fraction of sp³-hybridized carbons (Fsp3) is 0.179. The van der Waals surface area contributed by atoms with Gasteiger partial charge in [-0.05, 0) is 49.2 Å². The SMILES string of the molecule is O=C(Nc1cncc(-c2cc3c(-c4cc5c(-c6ccc(F)s6)ccnc5[nH]4)n[nH]c3cn2)c1)C1CCCC1. The molecule has 38 heavy (non-hydrogen) atoms. The van der Waals surface area contributed by atoms with Gasteiger partial charge in [0.2, 0.25) is 5.91 Å². The minimum absolute atomic E-state index is 0.0547. The monoisotopic (exact) mass is 523 g/mol. The number of pyridine rings is 3. The van der Waals surface area contributed by atoms with Crippen molar-refractivity contribution in [2.24, 2.45) is 5.92 Å². The summed E-state index contributed by atoms with van der Waals surface area (Å²) in [5.41, 5.74) is 6.09. The van der Waals surface area contributed by atoms with Gasteiger partial charge in [-0.2, -0.15) is 9.49 Å². The summed E-state index contributed by atoms with van der Waals surface area (Å²) in [5, 5.41) is 12.2. The van der Waals surface area contributed by atoms with E-state index in [0.717, 1.165) is 80.7 Å². The molecule has 6 aromatic rings. The number of nitrogens with one attached hydrogen (secondary N) is 3. The first-order valence-corrected chi connectivity index (χ1v) is 13.3. The molecule has 1 saturated carbocycles. The number of carbonyl (C=O) groups excluding carboxylic acids is 1. The smallest absolute Gasteiger partial charge is 0.227 e. The van der Waals surface area contributed by atoms with Gasteiger partial charge in [0.15, 0.2) is 5.13 Å². The number of halogens is 1. The molecule has 1 aliphatic carbocycles. The molecule has 0 aromatic carbocycles. The van der Waals surface area contributed by atoms with Gasteiger partial charge in [0.05, 0.1) is 35.0 Å².